The number of hydrogen-bond acceptors (Lipinski definition) is 6. The zero-order valence-corrected chi connectivity index (χ0v) is 14.5. The molecule has 0 saturated carbocycles. The minimum absolute atomic E-state index is 0.286. The van der Waals surface area contributed by atoms with Crippen LogP contribution in [0.2, 0.25) is 0 Å². The van der Waals surface area contributed by atoms with Gasteiger partial charge in [-0.1, -0.05) is 0 Å². The summed E-state index contributed by atoms with van der Waals surface area (Å²) < 4.78 is 15.4. The van der Waals surface area contributed by atoms with E-state index in [0.717, 1.165) is 4.90 Å². The minimum atomic E-state index is -0.596. The molecule has 24 heavy (non-hydrogen) atoms. The van der Waals surface area contributed by atoms with Crippen LogP contribution >= 0.6 is 11.8 Å². The monoisotopic (exact) mass is 346 g/mol. The van der Waals surface area contributed by atoms with Crippen molar-refractivity contribution >= 4 is 23.5 Å². The van der Waals surface area contributed by atoms with Crippen molar-refractivity contribution in [1.82, 2.24) is 0 Å². The molecule has 126 valence electrons. The number of rotatable bonds is 7. The third-order valence-electron chi connectivity index (χ3n) is 3.37. The molecule has 0 heterocycles. The summed E-state index contributed by atoms with van der Waals surface area (Å²) in [6.07, 6.45) is 1.93. The Labute approximate surface area is 144 Å². The van der Waals surface area contributed by atoms with Gasteiger partial charge in [-0.15, -0.1) is 11.8 Å². The largest absolute Gasteiger partial charge is 0.497 e. The van der Waals surface area contributed by atoms with Crippen LogP contribution in [0, 0.1) is 0 Å². The maximum absolute atomic E-state index is 12.2. The highest BCUT2D eigenvalue weighted by atomic mass is 32.2. The van der Waals surface area contributed by atoms with E-state index in [1.165, 1.54) is 7.11 Å². The summed E-state index contributed by atoms with van der Waals surface area (Å²) in [5, 5.41) is 0. The van der Waals surface area contributed by atoms with E-state index < -0.39 is 5.97 Å². The van der Waals surface area contributed by atoms with Gasteiger partial charge < -0.3 is 14.2 Å². The van der Waals surface area contributed by atoms with Gasteiger partial charge in [0.05, 0.1) is 14.2 Å². The zero-order chi connectivity index (χ0) is 17.5. The average molecular weight is 346 g/mol. The van der Waals surface area contributed by atoms with Gasteiger partial charge in [0, 0.05) is 10.5 Å². The van der Waals surface area contributed by atoms with Gasteiger partial charge >= 0.3 is 5.97 Å². The number of benzene rings is 2. The van der Waals surface area contributed by atoms with Crippen molar-refractivity contribution in [3.8, 4) is 11.5 Å². The quantitative estimate of drug-likeness (QED) is 0.435. The molecule has 0 aliphatic rings. The maximum Gasteiger partial charge on any atom is 0.342 e. The molecule has 0 unspecified atom stereocenters. The summed E-state index contributed by atoms with van der Waals surface area (Å²) in [7, 11) is 3.03. The predicted octanol–water partition coefficient (Wildman–Crippen LogP) is 3.47. The summed E-state index contributed by atoms with van der Waals surface area (Å²) in [5.74, 6) is 0.193. The van der Waals surface area contributed by atoms with Crippen molar-refractivity contribution in [2.45, 2.75) is 4.90 Å². The molecule has 2 aromatic rings. The van der Waals surface area contributed by atoms with E-state index in [0.29, 0.717) is 17.1 Å². The molecule has 0 aliphatic carbocycles. The Morgan fingerprint density at radius 3 is 2.29 bits per heavy atom. The van der Waals surface area contributed by atoms with Gasteiger partial charge in [-0.3, -0.25) is 4.79 Å². The van der Waals surface area contributed by atoms with Gasteiger partial charge in [0.15, 0.2) is 12.4 Å². The summed E-state index contributed by atoms with van der Waals surface area (Å²) in [6.45, 7) is -0.335. The molecule has 0 atom stereocenters. The van der Waals surface area contributed by atoms with Crippen LogP contribution in [-0.4, -0.2) is 38.8 Å². The van der Waals surface area contributed by atoms with Crippen molar-refractivity contribution in [1.29, 1.82) is 0 Å². The zero-order valence-electron chi connectivity index (χ0n) is 13.7. The first-order valence-electron chi connectivity index (χ1n) is 7.15. The molecule has 0 spiro atoms. The van der Waals surface area contributed by atoms with Crippen LogP contribution in [0.4, 0.5) is 0 Å². The number of carbonyl (C=O) groups is 2. The lowest BCUT2D eigenvalue weighted by molar-refractivity contribution is 0.0471. The molecule has 0 bridgehead atoms. The van der Waals surface area contributed by atoms with Crippen LogP contribution in [0.15, 0.2) is 47.4 Å². The molecule has 0 saturated heterocycles. The average Bonchev–Trinajstić information content (AvgIpc) is 2.65. The van der Waals surface area contributed by atoms with Gasteiger partial charge in [0.25, 0.3) is 0 Å². The second-order valence-corrected chi connectivity index (χ2v) is 5.67. The first-order chi connectivity index (χ1) is 11.6. The molecule has 0 aromatic heterocycles. The number of esters is 1. The smallest absolute Gasteiger partial charge is 0.342 e. The molecule has 0 N–H and O–H groups in total. The first kappa shape index (κ1) is 17.9. The van der Waals surface area contributed by atoms with E-state index in [-0.39, 0.29) is 18.0 Å². The Bertz CT molecular complexity index is 725. The number of thioether (sulfide) groups is 1. The van der Waals surface area contributed by atoms with Crippen molar-refractivity contribution in [3.63, 3.8) is 0 Å². The van der Waals surface area contributed by atoms with E-state index in [2.05, 4.69) is 0 Å². The van der Waals surface area contributed by atoms with E-state index >= 15 is 0 Å². The second-order valence-electron chi connectivity index (χ2n) is 4.79. The Morgan fingerprint density at radius 1 is 1.00 bits per heavy atom. The molecule has 2 rings (SSSR count). The topological polar surface area (TPSA) is 61.8 Å². The second kappa shape index (κ2) is 8.40. The third-order valence-corrected chi connectivity index (χ3v) is 4.10. The van der Waals surface area contributed by atoms with Crippen LogP contribution < -0.4 is 9.47 Å². The molecule has 0 amide bonds. The summed E-state index contributed by atoms with van der Waals surface area (Å²) >= 11 is 1.54. The highest BCUT2D eigenvalue weighted by molar-refractivity contribution is 7.98. The molecular formula is C18H18O5S. The van der Waals surface area contributed by atoms with E-state index in [4.69, 9.17) is 14.2 Å². The van der Waals surface area contributed by atoms with Crippen LogP contribution in [0.3, 0.4) is 0 Å². The number of ketones is 1. The van der Waals surface area contributed by atoms with Gasteiger partial charge in [0.2, 0.25) is 0 Å². The van der Waals surface area contributed by atoms with E-state index in [1.807, 2.05) is 6.26 Å². The normalized spacial score (nSPS) is 10.1. The number of Topliss-reactive ketones (excluding diaryl/α,β-unsaturated/α-hetero) is 1. The molecule has 2 aromatic carbocycles. The molecule has 0 aliphatic heterocycles. The Morgan fingerprint density at radius 2 is 1.71 bits per heavy atom. The number of ether oxygens (including phenoxy) is 3. The lowest BCUT2D eigenvalue weighted by atomic mass is 10.1. The summed E-state index contributed by atoms with van der Waals surface area (Å²) in [4.78, 5) is 25.2. The fraction of sp³-hybridized carbons (Fsp3) is 0.222. The van der Waals surface area contributed by atoms with Crippen molar-refractivity contribution < 1.29 is 23.8 Å². The van der Waals surface area contributed by atoms with Crippen molar-refractivity contribution in [3.05, 3.63) is 53.6 Å². The maximum atomic E-state index is 12.2. The predicted molar refractivity (Wildman–Crippen MR) is 92.4 cm³/mol. The van der Waals surface area contributed by atoms with Gasteiger partial charge in [-0.2, -0.15) is 0 Å². The molecule has 0 radical (unpaired) electrons. The van der Waals surface area contributed by atoms with Crippen LogP contribution in [0.1, 0.15) is 20.7 Å². The van der Waals surface area contributed by atoms with Crippen molar-refractivity contribution in [2.75, 3.05) is 27.1 Å². The van der Waals surface area contributed by atoms with Crippen LogP contribution in [0.25, 0.3) is 0 Å². The fourth-order valence-corrected chi connectivity index (χ4v) is 2.47. The summed E-state index contributed by atoms with van der Waals surface area (Å²) in [5.41, 5.74) is 0.742. The number of methoxy groups -OCH3 is 2. The van der Waals surface area contributed by atoms with Gasteiger partial charge in [-0.25, -0.2) is 4.79 Å². The Balaban J connectivity index is 2.03. The SMILES string of the molecule is COc1ccc(C(=O)COC(=O)c2ccc(SC)cc2OC)cc1. The first-order valence-corrected chi connectivity index (χ1v) is 8.38. The molecule has 5 nitrogen and oxygen atoms in total. The van der Waals surface area contributed by atoms with Crippen molar-refractivity contribution in [2.24, 2.45) is 0 Å². The van der Waals surface area contributed by atoms with E-state index in [9.17, 15) is 9.59 Å². The highest BCUT2D eigenvalue weighted by Crippen LogP contribution is 2.26. The molecule has 0 fully saturated rings. The van der Waals surface area contributed by atoms with Crippen LogP contribution in [0.5, 0.6) is 11.5 Å². The number of carbonyl (C=O) groups excluding carboxylic acids is 2. The highest BCUT2D eigenvalue weighted by Gasteiger charge is 2.16. The number of hydrogen-bond donors (Lipinski definition) is 0. The summed E-state index contributed by atoms with van der Waals surface area (Å²) in [6, 6.07) is 11.8. The lowest BCUT2D eigenvalue weighted by Crippen LogP contribution is -2.15. The van der Waals surface area contributed by atoms with Gasteiger partial charge in [-0.05, 0) is 48.7 Å². The van der Waals surface area contributed by atoms with E-state index in [1.54, 1.807) is 61.3 Å². The van der Waals surface area contributed by atoms with Crippen LogP contribution in [-0.2, 0) is 4.74 Å². The standard InChI is InChI=1S/C18H18O5S/c1-21-13-6-4-12(5-7-13)16(19)11-23-18(20)15-9-8-14(24-3)10-17(15)22-2/h4-10H,11H2,1-3H3. The third kappa shape index (κ3) is 4.29. The Hall–Kier alpha value is -2.47. The fourth-order valence-electron chi connectivity index (χ4n) is 2.04. The molecule has 6 heteroatoms. The van der Waals surface area contributed by atoms with Gasteiger partial charge in [0.1, 0.15) is 17.1 Å². The Kier molecular flexibility index (Phi) is 6.26. The molecular weight excluding hydrogens is 328 g/mol. The minimum Gasteiger partial charge on any atom is -0.497 e. The lowest BCUT2D eigenvalue weighted by Gasteiger charge is -2.10.